The predicted molar refractivity (Wildman–Crippen MR) is 74.5 cm³/mol. The Morgan fingerprint density at radius 3 is 3.00 bits per heavy atom. The van der Waals surface area contributed by atoms with Crippen LogP contribution in [0.1, 0.15) is 36.0 Å². The van der Waals surface area contributed by atoms with Crippen molar-refractivity contribution in [3.8, 4) is 0 Å². The zero-order chi connectivity index (χ0) is 13.8. The number of aliphatic hydroxyl groups excluding tert-OH is 1. The van der Waals surface area contributed by atoms with E-state index in [1.807, 2.05) is 0 Å². The molecule has 0 aromatic heterocycles. The first-order chi connectivity index (χ1) is 9.13. The molecule has 104 valence electrons. The number of halogens is 2. The van der Waals surface area contributed by atoms with Gasteiger partial charge in [0.1, 0.15) is 5.82 Å². The number of carbonyl (C=O) groups is 1. The van der Waals surface area contributed by atoms with Crippen molar-refractivity contribution in [1.82, 2.24) is 4.90 Å². The van der Waals surface area contributed by atoms with Gasteiger partial charge < -0.3 is 10.0 Å². The van der Waals surface area contributed by atoms with Crippen molar-refractivity contribution in [1.29, 1.82) is 0 Å². The van der Waals surface area contributed by atoms with Gasteiger partial charge in [-0.25, -0.2) is 4.39 Å². The average Bonchev–Trinajstić information content (AvgIpc) is 2.42. The Bertz CT molecular complexity index is 465. The number of nitrogens with zero attached hydrogens (tertiary/aromatic N) is 1. The smallest absolute Gasteiger partial charge is 0.255 e. The zero-order valence-electron chi connectivity index (χ0n) is 10.6. The lowest BCUT2D eigenvalue weighted by Crippen LogP contribution is -2.44. The van der Waals surface area contributed by atoms with Crippen LogP contribution in [0.2, 0.25) is 0 Å². The number of rotatable bonds is 3. The van der Waals surface area contributed by atoms with Crippen LogP contribution in [0, 0.1) is 5.82 Å². The summed E-state index contributed by atoms with van der Waals surface area (Å²) in [7, 11) is 0. The Morgan fingerprint density at radius 1 is 1.47 bits per heavy atom. The first-order valence-corrected chi connectivity index (χ1v) is 7.29. The molecular weight excluding hydrogens is 313 g/mol. The highest BCUT2D eigenvalue weighted by molar-refractivity contribution is 9.10. The molecule has 1 atom stereocenters. The minimum Gasteiger partial charge on any atom is -0.396 e. The molecular formula is C14H17BrFNO2. The van der Waals surface area contributed by atoms with Crippen LogP contribution in [0.3, 0.4) is 0 Å². The van der Waals surface area contributed by atoms with E-state index in [2.05, 4.69) is 15.9 Å². The first kappa shape index (κ1) is 14.5. The molecule has 0 saturated carbocycles. The topological polar surface area (TPSA) is 40.5 Å². The van der Waals surface area contributed by atoms with E-state index in [9.17, 15) is 9.18 Å². The maximum Gasteiger partial charge on any atom is 0.255 e. The average molecular weight is 330 g/mol. The molecule has 0 aliphatic carbocycles. The summed E-state index contributed by atoms with van der Waals surface area (Å²) in [6, 6.07) is 4.19. The predicted octanol–water partition coefficient (Wildman–Crippen LogP) is 2.97. The molecule has 1 heterocycles. The Hall–Kier alpha value is -0.940. The summed E-state index contributed by atoms with van der Waals surface area (Å²) in [6.07, 6.45) is 3.51. The van der Waals surface area contributed by atoms with Gasteiger partial charge >= 0.3 is 0 Å². The van der Waals surface area contributed by atoms with Gasteiger partial charge in [0.2, 0.25) is 0 Å². The van der Waals surface area contributed by atoms with Crippen molar-refractivity contribution >= 4 is 21.8 Å². The van der Waals surface area contributed by atoms with E-state index in [4.69, 9.17) is 5.11 Å². The van der Waals surface area contributed by atoms with Gasteiger partial charge in [0.05, 0.1) is 5.56 Å². The molecule has 1 amide bonds. The molecule has 0 spiro atoms. The number of amides is 1. The number of benzene rings is 1. The van der Waals surface area contributed by atoms with Crippen LogP contribution in [0.25, 0.3) is 0 Å². The molecule has 1 aliphatic heterocycles. The summed E-state index contributed by atoms with van der Waals surface area (Å²) in [5, 5.41) is 9.08. The Labute approximate surface area is 120 Å². The second-order valence-corrected chi connectivity index (χ2v) is 5.64. The number of piperidine rings is 1. The Balaban J connectivity index is 2.23. The quantitative estimate of drug-likeness (QED) is 0.926. The highest BCUT2D eigenvalue weighted by atomic mass is 79.9. The van der Waals surface area contributed by atoms with Crippen molar-refractivity contribution in [2.75, 3.05) is 13.2 Å². The van der Waals surface area contributed by atoms with Gasteiger partial charge in [-0.2, -0.15) is 0 Å². The molecule has 1 aliphatic rings. The first-order valence-electron chi connectivity index (χ1n) is 6.50. The fourth-order valence-electron chi connectivity index (χ4n) is 2.53. The van der Waals surface area contributed by atoms with Crippen LogP contribution in [0.4, 0.5) is 4.39 Å². The van der Waals surface area contributed by atoms with Crippen LogP contribution >= 0.6 is 15.9 Å². The molecule has 1 unspecified atom stereocenters. The summed E-state index contributed by atoms with van der Waals surface area (Å²) in [6.45, 7) is 0.741. The van der Waals surface area contributed by atoms with E-state index in [0.29, 0.717) is 23.0 Å². The molecule has 2 rings (SSSR count). The fraction of sp³-hybridized carbons (Fsp3) is 0.500. The molecule has 19 heavy (non-hydrogen) atoms. The Kier molecular flexibility index (Phi) is 4.93. The minimum absolute atomic E-state index is 0.0569. The summed E-state index contributed by atoms with van der Waals surface area (Å²) in [5.41, 5.74) is 0.352. The van der Waals surface area contributed by atoms with Crippen LogP contribution in [0.15, 0.2) is 22.7 Å². The van der Waals surface area contributed by atoms with E-state index >= 15 is 0 Å². The van der Waals surface area contributed by atoms with Crippen molar-refractivity contribution in [2.24, 2.45) is 0 Å². The van der Waals surface area contributed by atoms with E-state index in [-0.39, 0.29) is 18.6 Å². The Morgan fingerprint density at radius 2 is 2.26 bits per heavy atom. The van der Waals surface area contributed by atoms with Crippen LogP contribution in [-0.4, -0.2) is 35.1 Å². The van der Waals surface area contributed by atoms with E-state index in [1.165, 1.54) is 12.1 Å². The second-order valence-electron chi connectivity index (χ2n) is 4.78. The lowest BCUT2D eigenvalue weighted by Gasteiger charge is -2.35. The van der Waals surface area contributed by atoms with Crippen molar-refractivity contribution < 1.29 is 14.3 Å². The number of likely N-dealkylation sites (tertiary alicyclic amines) is 1. The fourth-order valence-corrected chi connectivity index (χ4v) is 2.95. The number of aliphatic hydroxyl groups is 1. The molecule has 1 fully saturated rings. The molecule has 5 heteroatoms. The summed E-state index contributed by atoms with van der Waals surface area (Å²) >= 11 is 3.29. The minimum atomic E-state index is -0.415. The van der Waals surface area contributed by atoms with Crippen molar-refractivity contribution in [2.45, 2.75) is 31.7 Å². The SMILES string of the molecule is O=C(c1cc(F)ccc1Br)N1CCCCC1CCO. The molecule has 1 saturated heterocycles. The third kappa shape index (κ3) is 3.34. The van der Waals surface area contributed by atoms with Crippen molar-refractivity contribution in [3.63, 3.8) is 0 Å². The van der Waals surface area contributed by atoms with Gasteiger partial charge in [-0.3, -0.25) is 4.79 Å². The van der Waals surface area contributed by atoms with Gasteiger partial charge in [0.25, 0.3) is 5.91 Å². The van der Waals surface area contributed by atoms with Gasteiger partial charge in [-0.05, 0) is 59.8 Å². The number of carbonyl (C=O) groups excluding carboxylic acids is 1. The molecule has 0 radical (unpaired) electrons. The highest BCUT2D eigenvalue weighted by Gasteiger charge is 2.28. The summed E-state index contributed by atoms with van der Waals surface area (Å²) in [4.78, 5) is 14.3. The van der Waals surface area contributed by atoms with Gasteiger partial charge in [-0.1, -0.05) is 0 Å². The largest absolute Gasteiger partial charge is 0.396 e. The maximum atomic E-state index is 13.3. The molecule has 0 bridgehead atoms. The standard InChI is InChI=1S/C14H17BrFNO2/c15-13-5-4-10(16)9-12(13)14(19)17-7-2-1-3-11(17)6-8-18/h4-5,9,11,18H,1-3,6-8H2. The van der Waals surface area contributed by atoms with E-state index < -0.39 is 5.82 Å². The van der Waals surface area contributed by atoms with E-state index in [1.54, 1.807) is 11.0 Å². The van der Waals surface area contributed by atoms with Gasteiger partial charge in [-0.15, -0.1) is 0 Å². The van der Waals surface area contributed by atoms with Gasteiger partial charge in [0, 0.05) is 23.7 Å². The molecule has 1 aromatic carbocycles. The summed E-state index contributed by atoms with van der Waals surface area (Å²) in [5.74, 6) is -0.577. The maximum absolute atomic E-state index is 13.3. The second kappa shape index (κ2) is 6.48. The summed E-state index contributed by atoms with van der Waals surface area (Å²) < 4.78 is 13.9. The third-order valence-electron chi connectivity index (χ3n) is 3.51. The van der Waals surface area contributed by atoms with Gasteiger partial charge in [0.15, 0.2) is 0 Å². The van der Waals surface area contributed by atoms with Crippen LogP contribution in [-0.2, 0) is 0 Å². The molecule has 1 aromatic rings. The van der Waals surface area contributed by atoms with Crippen LogP contribution < -0.4 is 0 Å². The number of hydrogen-bond acceptors (Lipinski definition) is 2. The lowest BCUT2D eigenvalue weighted by atomic mass is 9.98. The lowest BCUT2D eigenvalue weighted by molar-refractivity contribution is 0.0573. The molecule has 1 N–H and O–H groups in total. The third-order valence-corrected chi connectivity index (χ3v) is 4.20. The monoisotopic (exact) mass is 329 g/mol. The zero-order valence-corrected chi connectivity index (χ0v) is 12.2. The van der Waals surface area contributed by atoms with Crippen molar-refractivity contribution in [3.05, 3.63) is 34.1 Å². The van der Waals surface area contributed by atoms with E-state index in [0.717, 1.165) is 19.3 Å². The molecule has 3 nitrogen and oxygen atoms in total. The highest BCUT2D eigenvalue weighted by Crippen LogP contribution is 2.25. The van der Waals surface area contributed by atoms with Crippen LogP contribution in [0.5, 0.6) is 0 Å². The number of hydrogen-bond donors (Lipinski definition) is 1. The normalized spacial score (nSPS) is 19.5.